The number of benzene rings is 1. The Hall–Kier alpha value is -1.88. The molecule has 0 saturated heterocycles. The van der Waals surface area contributed by atoms with E-state index in [-0.39, 0.29) is 30.9 Å². The van der Waals surface area contributed by atoms with Crippen LogP contribution in [0.4, 0.5) is 0 Å². The molecule has 1 atom stereocenters. The van der Waals surface area contributed by atoms with Gasteiger partial charge in [0.25, 0.3) is 0 Å². The van der Waals surface area contributed by atoms with Gasteiger partial charge in [0.15, 0.2) is 0 Å². The molecule has 0 radical (unpaired) electrons. The second-order valence-corrected chi connectivity index (χ2v) is 6.32. The Morgan fingerprint density at radius 1 is 0.958 bits per heavy atom. The van der Waals surface area contributed by atoms with Crippen LogP contribution >= 0.6 is 0 Å². The summed E-state index contributed by atoms with van der Waals surface area (Å²) in [6, 6.07) is 8.69. The fraction of sp³-hybridized carbons (Fsp3) is 0.579. The highest BCUT2D eigenvalue weighted by Gasteiger charge is 2.16. The van der Waals surface area contributed by atoms with E-state index in [0.29, 0.717) is 12.5 Å². The largest absolute Gasteiger partial charge is 0.355 e. The third kappa shape index (κ3) is 7.13. The maximum absolute atomic E-state index is 11.9. The lowest BCUT2D eigenvalue weighted by atomic mass is 9.94. The van der Waals surface area contributed by atoms with Crippen molar-refractivity contribution in [2.45, 2.75) is 46.6 Å². The van der Waals surface area contributed by atoms with Crippen molar-refractivity contribution in [2.24, 2.45) is 5.92 Å². The monoisotopic (exact) mass is 333 g/mol. The van der Waals surface area contributed by atoms with Gasteiger partial charge in [0.2, 0.25) is 11.8 Å². The van der Waals surface area contributed by atoms with Gasteiger partial charge in [-0.15, -0.1) is 0 Å². The summed E-state index contributed by atoms with van der Waals surface area (Å²) in [6.45, 7) is 9.06. The van der Waals surface area contributed by atoms with Gasteiger partial charge in [0.1, 0.15) is 0 Å². The lowest BCUT2D eigenvalue weighted by Crippen LogP contribution is -2.42. The van der Waals surface area contributed by atoms with Gasteiger partial charge in [-0.25, -0.2) is 0 Å². The molecule has 0 bridgehead atoms. The van der Waals surface area contributed by atoms with Crippen molar-refractivity contribution < 1.29 is 9.59 Å². The lowest BCUT2D eigenvalue weighted by molar-refractivity contribution is -0.125. The normalized spacial score (nSPS) is 12.0. The highest BCUT2D eigenvalue weighted by atomic mass is 16.2. The van der Waals surface area contributed by atoms with Gasteiger partial charge in [0, 0.05) is 12.6 Å². The zero-order chi connectivity index (χ0) is 17.9. The van der Waals surface area contributed by atoms with Crippen molar-refractivity contribution in [3.05, 3.63) is 35.4 Å². The van der Waals surface area contributed by atoms with Crippen LogP contribution in [0.15, 0.2) is 24.3 Å². The second-order valence-electron chi connectivity index (χ2n) is 6.32. The third-order valence-corrected chi connectivity index (χ3v) is 3.85. The topological polar surface area (TPSA) is 70.2 Å². The van der Waals surface area contributed by atoms with Gasteiger partial charge in [-0.1, -0.05) is 51.5 Å². The van der Waals surface area contributed by atoms with Crippen LogP contribution in [0.2, 0.25) is 0 Å². The smallest absolute Gasteiger partial charge is 0.239 e. The average molecular weight is 333 g/mol. The molecule has 2 amide bonds. The highest BCUT2D eigenvalue weighted by Crippen LogP contribution is 2.22. The number of hydrogen-bond donors (Lipinski definition) is 3. The summed E-state index contributed by atoms with van der Waals surface area (Å²) in [7, 11) is 0. The maximum Gasteiger partial charge on any atom is 0.239 e. The molecular formula is C19H31N3O2. The first-order valence-corrected chi connectivity index (χ1v) is 8.83. The number of carbonyl (C=O) groups is 2. The van der Waals surface area contributed by atoms with Gasteiger partial charge >= 0.3 is 0 Å². The van der Waals surface area contributed by atoms with E-state index >= 15 is 0 Å². The molecule has 1 rings (SSSR count). The van der Waals surface area contributed by atoms with Crippen LogP contribution in [0.25, 0.3) is 0 Å². The van der Waals surface area contributed by atoms with Crippen LogP contribution in [0.3, 0.4) is 0 Å². The summed E-state index contributed by atoms with van der Waals surface area (Å²) in [5.41, 5.74) is 2.52. The molecule has 0 aliphatic carbocycles. The Balaban J connectivity index is 2.54. The minimum absolute atomic E-state index is 0.0203. The Morgan fingerprint density at radius 2 is 1.58 bits per heavy atom. The minimum atomic E-state index is -0.172. The van der Waals surface area contributed by atoms with Gasteiger partial charge in [0.05, 0.1) is 13.1 Å². The van der Waals surface area contributed by atoms with E-state index in [4.69, 9.17) is 0 Å². The van der Waals surface area contributed by atoms with Crippen molar-refractivity contribution in [2.75, 3.05) is 19.6 Å². The number of carbonyl (C=O) groups excluding carboxylic acids is 2. The first-order chi connectivity index (χ1) is 11.5. The molecule has 134 valence electrons. The molecule has 1 aromatic rings. The van der Waals surface area contributed by atoms with Crippen LogP contribution < -0.4 is 16.0 Å². The zero-order valence-corrected chi connectivity index (χ0v) is 15.3. The molecule has 0 spiro atoms. The predicted molar refractivity (Wildman–Crippen MR) is 97.7 cm³/mol. The summed E-state index contributed by atoms with van der Waals surface area (Å²) < 4.78 is 0. The summed E-state index contributed by atoms with van der Waals surface area (Å²) in [6.07, 6.45) is 2.22. The molecule has 24 heavy (non-hydrogen) atoms. The van der Waals surface area contributed by atoms with Crippen LogP contribution in [0.1, 0.15) is 51.3 Å². The Labute approximate surface area is 145 Å². The van der Waals surface area contributed by atoms with Crippen molar-refractivity contribution in [1.29, 1.82) is 0 Å². The molecule has 5 nitrogen and oxygen atoms in total. The first-order valence-electron chi connectivity index (χ1n) is 8.83. The number of likely N-dealkylation sites (N-methyl/N-ethyl adjacent to an activating group) is 1. The van der Waals surface area contributed by atoms with E-state index in [1.807, 2.05) is 6.92 Å². The van der Waals surface area contributed by atoms with E-state index in [9.17, 15) is 9.59 Å². The summed E-state index contributed by atoms with van der Waals surface area (Å²) in [5, 5.41) is 8.58. The zero-order valence-electron chi connectivity index (χ0n) is 15.3. The summed E-state index contributed by atoms with van der Waals surface area (Å²) in [5.74, 6) is 0.0190. The molecule has 0 aliphatic heterocycles. The first kappa shape index (κ1) is 20.2. The maximum atomic E-state index is 11.9. The predicted octanol–water partition coefficient (Wildman–Crippen LogP) is 2.18. The van der Waals surface area contributed by atoms with Crippen LogP contribution in [-0.2, 0) is 16.0 Å². The third-order valence-electron chi connectivity index (χ3n) is 3.85. The van der Waals surface area contributed by atoms with Crippen LogP contribution in [0, 0.1) is 5.92 Å². The van der Waals surface area contributed by atoms with Gasteiger partial charge < -0.3 is 16.0 Å². The van der Waals surface area contributed by atoms with E-state index in [1.54, 1.807) is 0 Å². The number of amides is 2. The molecule has 0 aromatic heterocycles. The Bertz CT molecular complexity index is 512. The number of aryl methyl sites for hydroxylation is 1. The molecule has 0 unspecified atom stereocenters. The fourth-order valence-corrected chi connectivity index (χ4v) is 2.62. The van der Waals surface area contributed by atoms with E-state index in [0.717, 1.165) is 12.8 Å². The average Bonchev–Trinajstić information content (AvgIpc) is 2.55. The fourth-order valence-electron chi connectivity index (χ4n) is 2.62. The quantitative estimate of drug-likeness (QED) is 0.615. The van der Waals surface area contributed by atoms with Crippen molar-refractivity contribution in [1.82, 2.24) is 16.0 Å². The standard InChI is InChI=1S/C19H31N3O2/c1-5-7-15-8-10-16(11-9-15)19(14(3)4)22-13-18(24)21-12-17(23)20-6-2/h8-11,14,19,22H,5-7,12-13H2,1-4H3,(H,20,23)(H,21,24)/t19-/m0/s1. The molecule has 5 heteroatoms. The van der Waals surface area contributed by atoms with E-state index < -0.39 is 0 Å². The molecule has 1 aromatic carbocycles. The molecule has 0 fully saturated rings. The molecule has 0 aliphatic rings. The van der Waals surface area contributed by atoms with Crippen molar-refractivity contribution in [3.8, 4) is 0 Å². The van der Waals surface area contributed by atoms with Gasteiger partial charge in [-0.2, -0.15) is 0 Å². The number of hydrogen-bond acceptors (Lipinski definition) is 3. The second kappa shape index (κ2) is 10.8. The van der Waals surface area contributed by atoms with Crippen LogP contribution in [-0.4, -0.2) is 31.4 Å². The summed E-state index contributed by atoms with van der Waals surface area (Å²) >= 11 is 0. The lowest BCUT2D eigenvalue weighted by Gasteiger charge is -2.23. The highest BCUT2D eigenvalue weighted by molar-refractivity contribution is 5.85. The summed E-state index contributed by atoms with van der Waals surface area (Å²) in [4.78, 5) is 23.3. The van der Waals surface area contributed by atoms with Crippen LogP contribution in [0.5, 0.6) is 0 Å². The van der Waals surface area contributed by atoms with Gasteiger partial charge in [-0.05, 0) is 30.4 Å². The Morgan fingerprint density at radius 3 is 2.12 bits per heavy atom. The molecule has 3 N–H and O–H groups in total. The number of nitrogens with one attached hydrogen (secondary N) is 3. The van der Waals surface area contributed by atoms with Gasteiger partial charge in [-0.3, -0.25) is 9.59 Å². The minimum Gasteiger partial charge on any atom is -0.355 e. The SMILES string of the molecule is CCCc1ccc([C@@H](NCC(=O)NCC(=O)NCC)C(C)C)cc1. The molecular weight excluding hydrogens is 302 g/mol. The Kier molecular flexibility index (Phi) is 9.08. The van der Waals surface area contributed by atoms with E-state index in [2.05, 4.69) is 61.0 Å². The van der Waals surface area contributed by atoms with Crippen molar-refractivity contribution in [3.63, 3.8) is 0 Å². The molecule has 0 saturated carbocycles. The van der Waals surface area contributed by atoms with Crippen molar-refractivity contribution >= 4 is 11.8 Å². The van der Waals surface area contributed by atoms with E-state index in [1.165, 1.54) is 11.1 Å². The number of rotatable bonds is 10. The molecule has 0 heterocycles.